The average Bonchev–Trinajstić information content (AvgIpc) is 3.22. The van der Waals surface area contributed by atoms with Gasteiger partial charge in [0.25, 0.3) is 0 Å². The van der Waals surface area contributed by atoms with Crippen molar-refractivity contribution in [1.29, 1.82) is 0 Å². The van der Waals surface area contributed by atoms with Gasteiger partial charge >= 0.3 is 5.97 Å². The smallest absolute Gasteiger partial charge is 0.339 e. The van der Waals surface area contributed by atoms with Gasteiger partial charge in [0.1, 0.15) is 17.8 Å². The van der Waals surface area contributed by atoms with Crippen LogP contribution in [0.5, 0.6) is 5.75 Å². The van der Waals surface area contributed by atoms with Gasteiger partial charge in [-0.1, -0.05) is 30.3 Å². The van der Waals surface area contributed by atoms with Gasteiger partial charge in [-0.2, -0.15) is 0 Å². The number of rotatable bonds is 8. The Morgan fingerprint density at radius 1 is 1.20 bits per heavy atom. The third-order valence-electron chi connectivity index (χ3n) is 7.24. The molecule has 2 unspecified atom stereocenters. The molecule has 2 aliphatic heterocycles. The summed E-state index contributed by atoms with van der Waals surface area (Å²) >= 11 is 0. The lowest BCUT2D eigenvalue weighted by Gasteiger charge is -2.39. The second-order valence-electron chi connectivity index (χ2n) is 9.94. The number of nitrogens with two attached hydrogens (primary N) is 2. The van der Waals surface area contributed by atoms with Crippen molar-refractivity contribution in [3.8, 4) is 17.0 Å². The topological polar surface area (TPSA) is 142 Å². The van der Waals surface area contributed by atoms with E-state index in [0.717, 1.165) is 16.8 Å². The minimum Gasteiger partial charge on any atom is -0.487 e. The molecule has 1 saturated heterocycles. The Morgan fingerprint density at radius 3 is 2.77 bits per heavy atom. The molecule has 3 aromatic rings. The second kappa shape index (κ2) is 11.4. The van der Waals surface area contributed by atoms with Gasteiger partial charge in [-0.3, -0.25) is 9.78 Å². The molecule has 1 spiro atoms. The van der Waals surface area contributed by atoms with Crippen LogP contribution in [0.1, 0.15) is 35.0 Å². The van der Waals surface area contributed by atoms with Crippen molar-refractivity contribution in [2.45, 2.75) is 31.7 Å². The minimum absolute atomic E-state index is 0.0760. The molecular formula is C30H33N5O5. The van der Waals surface area contributed by atoms with Crippen LogP contribution in [0.15, 0.2) is 72.6 Å². The molecule has 0 saturated carbocycles. The van der Waals surface area contributed by atoms with Crippen LogP contribution in [-0.4, -0.2) is 54.3 Å². The number of esters is 1. The number of fused-ring (bicyclic) bond motifs is 2. The fourth-order valence-electron chi connectivity index (χ4n) is 5.24. The predicted octanol–water partition coefficient (Wildman–Crippen LogP) is 3.27. The zero-order chi connectivity index (χ0) is 28.3. The molecule has 208 valence electrons. The molecule has 5 N–H and O–H groups in total. The number of carbonyl (C=O) groups is 2. The van der Waals surface area contributed by atoms with Crippen molar-refractivity contribution in [3.05, 3.63) is 89.4 Å². The fourth-order valence-corrected chi connectivity index (χ4v) is 5.24. The van der Waals surface area contributed by atoms with Crippen LogP contribution < -0.4 is 21.6 Å². The maximum atomic E-state index is 13.0. The van der Waals surface area contributed by atoms with Crippen molar-refractivity contribution >= 4 is 17.6 Å². The number of anilines is 1. The van der Waals surface area contributed by atoms with Crippen LogP contribution in [0.3, 0.4) is 0 Å². The van der Waals surface area contributed by atoms with Crippen molar-refractivity contribution in [2.24, 2.45) is 11.6 Å². The lowest BCUT2D eigenvalue weighted by Crippen LogP contribution is -2.53. The highest BCUT2D eigenvalue weighted by molar-refractivity contribution is 6.06. The summed E-state index contributed by atoms with van der Waals surface area (Å²) in [5.41, 5.74) is 10.0. The molecule has 40 heavy (non-hydrogen) atoms. The number of hydrazine groups is 1. The number of pyridine rings is 1. The molecule has 1 aromatic heterocycles. The third kappa shape index (κ3) is 5.23. The quantitative estimate of drug-likeness (QED) is 0.222. The molecule has 5 rings (SSSR count). The number of nitrogens with zero attached hydrogens (tertiary/aromatic N) is 2. The van der Waals surface area contributed by atoms with Gasteiger partial charge in [0.15, 0.2) is 0 Å². The van der Waals surface area contributed by atoms with Crippen molar-refractivity contribution in [1.82, 2.24) is 9.99 Å². The summed E-state index contributed by atoms with van der Waals surface area (Å²) in [7, 11) is 0. The van der Waals surface area contributed by atoms with E-state index >= 15 is 0 Å². The summed E-state index contributed by atoms with van der Waals surface area (Å²) in [5, 5.41) is 4.47. The first-order valence-electron chi connectivity index (χ1n) is 13.2. The molecule has 1 amide bonds. The Balaban J connectivity index is 1.27. The van der Waals surface area contributed by atoms with Gasteiger partial charge in [0.05, 0.1) is 48.5 Å². The van der Waals surface area contributed by atoms with Gasteiger partial charge in [0.2, 0.25) is 5.91 Å². The summed E-state index contributed by atoms with van der Waals surface area (Å²) in [6, 6.07) is 18.3. The number of nitrogens with one attached hydrogen (secondary N) is 1. The number of hydrogen-bond donors (Lipinski definition) is 3. The normalized spacial score (nSPS) is 20.1. The van der Waals surface area contributed by atoms with E-state index in [2.05, 4.69) is 10.3 Å². The molecule has 3 heterocycles. The number of aryl methyl sites for hydroxylation is 1. The van der Waals surface area contributed by atoms with Crippen molar-refractivity contribution in [3.63, 3.8) is 0 Å². The van der Waals surface area contributed by atoms with Gasteiger partial charge in [-0.15, -0.1) is 0 Å². The van der Waals surface area contributed by atoms with E-state index in [1.165, 1.54) is 5.01 Å². The molecule has 0 radical (unpaired) electrons. The zero-order valence-electron chi connectivity index (χ0n) is 22.6. The Hall–Kier alpha value is -4.41. The van der Waals surface area contributed by atoms with Gasteiger partial charge < -0.3 is 30.3 Å². The Morgan fingerprint density at radius 2 is 1.98 bits per heavy atom. The summed E-state index contributed by atoms with van der Waals surface area (Å²) in [6.45, 7) is 4.57. The van der Waals surface area contributed by atoms with Crippen molar-refractivity contribution in [2.75, 3.05) is 31.7 Å². The van der Waals surface area contributed by atoms with E-state index in [9.17, 15) is 9.59 Å². The summed E-state index contributed by atoms with van der Waals surface area (Å²) in [5.74, 6) is 6.49. The number of carbonyl (C=O) groups excluding carboxylic acids is 2. The summed E-state index contributed by atoms with van der Waals surface area (Å²) in [6.07, 6.45) is 2.11. The average molecular weight is 544 g/mol. The number of ether oxygens (including phenoxy) is 3. The molecule has 2 aliphatic rings. The fraction of sp³-hybridized carbons (Fsp3) is 0.300. The SMILES string of the molecule is CCOC(=O)c1ccc(-c2ccccc2OC/C(N)=C/N(N)C2COCC3(C2)C(=O)Nc2ccccc23)nc1C. The monoisotopic (exact) mass is 543 g/mol. The number of amides is 1. The third-order valence-corrected chi connectivity index (χ3v) is 7.24. The first-order chi connectivity index (χ1) is 19.3. The lowest BCUT2D eigenvalue weighted by molar-refractivity contribution is -0.127. The zero-order valence-corrected chi connectivity index (χ0v) is 22.6. The Bertz CT molecular complexity index is 1460. The highest BCUT2D eigenvalue weighted by Gasteiger charge is 2.51. The molecular weight excluding hydrogens is 510 g/mol. The van der Waals surface area contributed by atoms with E-state index < -0.39 is 11.4 Å². The molecule has 10 nitrogen and oxygen atoms in total. The first-order valence-corrected chi connectivity index (χ1v) is 13.2. The summed E-state index contributed by atoms with van der Waals surface area (Å²) < 4.78 is 17.0. The molecule has 2 atom stereocenters. The lowest BCUT2D eigenvalue weighted by atomic mass is 9.75. The predicted molar refractivity (Wildman–Crippen MR) is 150 cm³/mol. The van der Waals surface area contributed by atoms with Gasteiger partial charge in [-0.25, -0.2) is 10.6 Å². The maximum absolute atomic E-state index is 13.0. The van der Waals surface area contributed by atoms with Crippen LogP contribution in [0.25, 0.3) is 11.3 Å². The molecule has 0 bridgehead atoms. The molecule has 2 aromatic carbocycles. The van der Waals surface area contributed by atoms with Crippen LogP contribution >= 0.6 is 0 Å². The van der Waals surface area contributed by atoms with Crippen molar-refractivity contribution < 1.29 is 23.8 Å². The number of para-hydroxylation sites is 2. The molecule has 1 fully saturated rings. The second-order valence-corrected chi connectivity index (χ2v) is 9.94. The van der Waals surface area contributed by atoms with E-state index in [4.69, 9.17) is 25.8 Å². The molecule has 0 aliphatic carbocycles. The standard InChI is InChI=1S/C30H33N5O5/c1-3-39-28(36)22-12-13-25(33-19(22)2)23-8-4-7-11-27(23)40-16-20(31)15-35(32)21-14-30(18-38-17-21)24-9-5-6-10-26(24)34-29(30)37/h4-13,15,21H,3,14,16-18,31-32H2,1-2H3,(H,34,37)/b20-15-. The van der Waals surface area contributed by atoms with E-state index in [1.807, 2.05) is 48.5 Å². The first kappa shape index (κ1) is 27.2. The van der Waals surface area contributed by atoms with Gasteiger partial charge in [-0.05, 0) is 56.2 Å². The Kier molecular flexibility index (Phi) is 7.72. The van der Waals surface area contributed by atoms with Crippen LogP contribution in [-0.2, 0) is 19.7 Å². The number of aromatic nitrogens is 1. The van der Waals surface area contributed by atoms with Crippen LogP contribution in [0.4, 0.5) is 5.69 Å². The van der Waals surface area contributed by atoms with E-state index in [1.54, 1.807) is 32.2 Å². The maximum Gasteiger partial charge on any atom is 0.339 e. The largest absolute Gasteiger partial charge is 0.487 e. The highest BCUT2D eigenvalue weighted by atomic mass is 16.5. The number of benzene rings is 2. The number of hydrogen-bond acceptors (Lipinski definition) is 9. The Labute approximate surface area is 232 Å². The van der Waals surface area contributed by atoms with Crippen LogP contribution in [0, 0.1) is 6.92 Å². The highest BCUT2D eigenvalue weighted by Crippen LogP contribution is 2.43. The van der Waals surface area contributed by atoms with Crippen LogP contribution in [0.2, 0.25) is 0 Å². The van der Waals surface area contributed by atoms with Gasteiger partial charge in [0, 0.05) is 17.5 Å². The van der Waals surface area contributed by atoms with E-state index in [0.29, 0.717) is 54.6 Å². The van der Waals surface area contributed by atoms with E-state index in [-0.39, 0.29) is 18.6 Å². The molecule has 10 heteroatoms. The summed E-state index contributed by atoms with van der Waals surface area (Å²) in [4.78, 5) is 29.7. The minimum atomic E-state index is -0.789.